The Hall–Kier alpha value is -2.28. The first-order chi connectivity index (χ1) is 11.1. The number of hydrogen-bond acceptors (Lipinski definition) is 5. The summed E-state index contributed by atoms with van der Waals surface area (Å²) in [6.45, 7) is 4.46. The lowest BCUT2D eigenvalue weighted by atomic mass is 10.00. The van der Waals surface area contributed by atoms with Crippen LogP contribution in [0.4, 0.5) is 0 Å². The van der Waals surface area contributed by atoms with Gasteiger partial charge in [0.2, 0.25) is 0 Å². The summed E-state index contributed by atoms with van der Waals surface area (Å²) >= 11 is 0. The van der Waals surface area contributed by atoms with E-state index < -0.39 is 5.63 Å². The number of aromatic nitrogens is 2. The maximum atomic E-state index is 11.9. The number of hydrazine groups is 1. The van der Waals surface area contributed by atoms with E-state index in [1.54, 1.807) is 0 Å². The standard InChI is InChI=1S/C16H22N4O3/c1-12-7-6-8-13(2)19(12)17-20-15(16(21)23-18-20)11-22-14-9-4-3-5-10-14/h3-5,9-10,12-13H,6-8,11H2,1-2H3,(H-,17,18,21)/p+1. The van der Waals surface area contributed by atoms with E-state index in [1.165, 1.54) is 11.2 Å². The van der Waals surface area contributed by atoms with E-state index >= 15 is 0 Å². The molecule has 1 aromatic heterocycles. The van der Waals surface area contributed by atoms with E-state index in [1.807, 2.05) is 30.3 Å². The zero-order valence-electron chi connectivity index (χ0n) is 13.5. The van der Waals surface area contributed by atoms with Gasteiger partial charge < -0.3 is 4.74 Å². The Bertz CT molecular complexity index is 672. The maximum Gasteiger partial charge on any atom is 0.437 e. The number of ether oxygens (including phenoxy) is 1. The molecule has 7 nitrogen and oxygen atoms in total. The molecule has 1 fully saturated rings. The minimum absolute atomic E-state index is 0.124. The lowest BCUT2D eigenvalue weighted by Crippen LogP contribution is -2.63. The van der Waals surface area contributed by atoms with Crippen LogP contribution in [0.1, 0.15) is 38.8 Å². The summed E-state index contributed by atoms with van der Waals surface area (Å²) in [6.07, 6.45) is 3.46. The molecule has 2 N–H and O–H groups in total. The third-order valence-electron chi connectivity index (χ3n) is 4.26. The predicted molar refractivity (Wildman–Crippen MR) is 84.3 cm³/mol. The molecule has 0 amide bonds. The van der Waals surface area contributed by atoms with Gasteiger partial charge in [0.1, 0.15) is 5.75 Å². The Morgan fingerprint density at radius 3 is 2.70 bits per heavy atom. The number of piperidine rings is 1. The Morgan fingerprint density at radius 1 is 1.30 bits per heavy atom. The number of rotatable bonds is 5. The van der Waals surface area contributed by atoms with Gasteiger partial charge in [-0.2, -0.15) is 5.01 Å². The van der Waals surface area contributed by atoms with Crippen LogP contribution in [-0.2, 0) is 6.61 Å². The molecule has 7 heteroatoms. The van der Waals surface area contributed by atoms with Crippen molar-refractivity contribution in [3.8, 4) is 5.75 Å². The summed E-state index contributed by atoms with van der Waals surface area (Å²) in [7, 11) is 0. The van der Waals surface area contributed by atoms with E-state index in [0.717, 1.165) is 12.8 Å². The average Bonchev–Trinajstić information content (AvgIpc) is 2.90. The third-order valence-corrected chi connectivity index (χ3v) is 4.26. The maximum absolute atomic E-state index is 11.9. The first-order valence-electron chi connectivity index (χ1n) is 8.00. The largest absolute Gasteiger partial charge is 0.482 e. The van der Waals surface area contributed by atoms with E-state index in [2.05, 4.69) is 29.7 Å². The molecule has 1 saturated heterocycles. The number of hydrogen-bond donors (Lipinski definition) is 2. The van der Waals surface area contributed by atoms with Crippen LogP contribution in [0.3, 0.4) is 0 Å². The van der Waals surface area contributed by atoms with Crippen LogP contribution in [0.25, 0.3) is 0 Å². The number of nitrogens with one attached hydrogen (secondary N) is 2. The summed E-state index contributed by atoms with van der Waals surface area (Å²) in [6, 6.07) is 10.1. The van der Waals surface area contributed by atoms with E-state index in [-0.39, 0.29) is 6.61 Å². The molecule has 2 atom stereocenters. The van der Waals surface area contributed by atoms with Gasteiger partial charge in [-0.3, -0.25) is 4.52 Å². The van der Waals surface area contributed by atoms with Gasteiger partial charge in [-0.1, -0.05) is 30.2 Å². The normalized spacial score (nSPS) is 22.0. The van der Waals surface area contributed by atoms with Crippen LogP contribution in [0.15, 0.2) is 39.6 Å². The summed E-state index contributed by atoms with van der Waals surface area (Å²) in [5, 5.41) is 4.73. The van der Waals surface area contributed by atoms with E-state index in [9.17, 15) is 4.79 Å². The van der Waals surface area contributed by atoms with Gasteiger partial charge in [0.15, 0.2) is 6.61 Å². The number of nitrogens with zero attached hydrogens (tertiary/aromatic N) is 2. The van der Waals surface area contributed by atoms with E-state index in [4.69, 9.17) is 9.26 Å². The molecule has 2 aromatic rings. The van der Waals surface area contributed by atoms with Crippen LogP contribution >= 0.6 is 0 Å². The molecule has 2 unspecified atom stereocenters. The quantitative estimate of drug-likeness (QED) is 0.818. The molecule has 1 aromatic carbocycles. The van der Waals surface area contributed by atoms with Gasteiger partial charge >= 0.3 is 11.3 Å². The number of H-pyrrole nitrogens is 1. The van der Waals surface area contributed by atoms with Gasteiger partial charge in [-0.05, 0) is 38.8 Å². The van der Waals surface area contributed by atoms with Crippen molar-refractivity contribution in [1.29, 1.82) is 0 Å². The molecule has 1 aliphatic heterocycles. The molecular formula is C16H23N4O3+. The molecule has 0 aliphatic carbocycles. The molecule has 0 bridgehead atoms. The fourth-order valence-corrected chi connectivity index (χ4v) is 2.90. The van der Waals surface area contributed by atoms with Gasteiger partial charge in [0.05, 0.1) is 4.79 Å². The minimum Gasteiger partial charge on any atom is -0.482 e. The first kappa shape index (κ1) is 15.6. The van der Waals surface area contributed by atoms with Crippen molar-refractivity contribution in [3.63, 3.8) is 0 Å². The van der Waals surface area contributed by atoms with Crippen LogP contribution < -0.4 is 20.7 Å². The lowest BCUT2D eigenvalue weighted by molar-refractivity contribution is -0.743. The second-order valence-electron chi connectivity index (χ2n) is 6.00. The molecule has 0 saturated carbocycles. The van der Waals surface area contributed by atoms with Crippen molar-refractivity contribution in [3.05, 3.63) is 46.4 Å². The minimum atomic E-state index is -0.439. The second kappa shape index (κ2) is 6.87. The van der Waals surface area contributed by atoms with Crippen molar-refractivity contribution in [1.82, 2.24) is 10.3 Å². The monoisotopic (exact) mass is 319 g/mol. The van der Waals surface area contributed by atoms with Crippen LogP contribution in [0.2, 0.25) is 0 Å². The van der Waals surface area contributed by atoms with Crippen LogP contribution in [0, 0.1) is 0 Å². The van der Waals surface area contributed by atoms with Gasteiger partial charge in [-0.15, -0.1) is 0 Å². The zero-order valence-corrected chi connectivity index (χ0v) is 13.5. The van der Waals surface area contributed by atoms with Crippen molar-refractivity contribution in [2.24, 2.45) is 0 Å². The molecule has 0 spiro atoms. The number of aromatic amines is 1. The van der Waals surface area contributed by atoms with Crippen molar-refractivity contribution in [2.75, 3.05) is 5.53 Å². The average molecular weight is 319 g/mol. The second-order valence-corrected chi connectivity index (χ2v) is 6.00. The molecule has 1 aliphatic rings. The van der Waals surface area contributed by atoms with Crippen molar-refractivity contribution in [2.45, 2.75) is 51.8 Å². The molecule has 124 valence electrons. The molecular weight excluding hydrogens is 296 g/mol. The highest BCUT2D eigenvalue weighted by Crippen LogP contribution is 2.20. The van der Waals surface area contributed by atoms with Gasteiger partial charge in [0, 0.05) is 17.4 Å². The fraction of sp³-hybridized carbons (Fsp3) is 0.500. The predicted octanol–water partition coefficient (Wildman–Crippen LogP) is 1.56. The van der Waals surface area contributed by atoms with E-state index in [0.29, 0.717) is 23.5 Å². The fourth-order valence-electron chi connectivity index (χ4n) is 2.90. The van der Waals surface area contributed by atoms with Crippen LogP contribution in [0.5, 0.6) is 5.75 Å². The topological polar surface area (TPSA) is 74.4 Å². The highest BCUT2D eigenvalue weighted by Gasteiger charge is 2.31. The number of para-hydroxylation sites is 1. The summed E-state index contributed by atoms with van der Waals surface area (Å²) in [5.41, 5.74) is 3.18. The molecule has 0 radical (unpaired) electrons. The SMILES string of the molecule is CC1CCCC(C)N1N[n+]1[nH]oc(=O)c1COc1ccccc1. The Labute approximate surface area is 134 Å². The highest BCUT2D eigenvalue weighted by atomic mass is 16.5. The highest BCUT2D eigenvalue weighted by molar-refractivity contribution is 5.20. The smallest absolute Gasteiger partial charge is 0.437 e. The van der Waals surface area contributed by atoms with Gasteiger partial charge in [-0.25, -0.2) is 4.79 Å². The van der Waals surface area contributed by atoms with Crippen LogP contribution in [-0.4, -0.2) is 22.4 Å². The number of benzene rings is 1. The lowest BCUT2D eigenvalue weighted by Gasteiger charge is -2.35. The van der Waals surface area contributed by atoms with Crippen molar-refractivity contribution < 1.29 is 14.1 Å². The Kier molecular flexibility index (Phi) is 4.66. The summed E-state index contributed by atoms with van der Waals surface area (Å²) in [4.78, 5) is 13.4. The third kappa shape index (κ3) is 3.56. The Balaban J connectivity index is 1.72. The zero-order chi connectivity index (χ0) is 16.2. The van der Waals surface area contributed by atoms with Gasteiger partial charge in [0.25, 0.3) is 0 Å². The summed E-state index contributed by atoms with van der Waals surface area (Å²) < 4.78 is 10.6. The molecule has 3 rings (SSSR count). The molecule has 23 heavy (non-hydrogen) atoms. The Morgan fingerprint density at radius 2 is 2.00 bits per heavy atom. The summed E-state index contributed by atoms with van der Waals surface area (Å²) in [5.74, 6) is 0.708. The first-order valence-corrected chi connectivity index (χ1v) is 8.00. The van der Waals surface area contributed by atoms with Crippen molar-refractivity contribution >= 4 is 0 Å². The molecule has 2 heterocycles.